The molecule has 0 unspecified atom stereocenters. The first-order valence-electron chi connectivity index (χ1n) is 9.80. The van der Waals surface area contributed by atoms with Crippen molar-refractivity contribution < 1.29 is 17.7 Å². The first-order chi connectivity index (χ1) is 14.5. The van der Waals surface area contributed by atoms with E-state index in [0.29, 0.717) is 54.9 Å². The van der Waals surface area contributed by atoms with E-state index in [0.717, 1.165) is 10.0 Å². The van der Waals surface area contributed by atoms with E-state index in [2.05, 4.69) is 26.1 Å². The molecular formula is C21H22BrN3O4S. The molecule has 0 amide bonds. The zero-order valence-corrected chi connectivity index (χ0v) is 18.9. The second kappa shape index (κ2) is 8.87. The van der Waals surface area contributed by atoms with Crippen LogP contribution >= 0.6 is 15.9 Å². The average molecular weight is 492 g/mol. The van der Waals surface area contributed by atoms with E-state index in [1.54, 1.807) is 24.3 Å². The van der Waals surface area contributed by atoms with Crippen LogP contribution in [0.25, 0.3) is 11.4 Å². The third-order valence-corrected chi connectivity index (χ3v) is 7.57. The number of aromatic nitrogens is 2. The Morgan fingerprint density at radius 3 is 2.53 bits per heavy atom. The van der Waals surface area contributed by atoms with Crippen LogP contribution in [-0.2, 0) is 10.0 Å². The van der Waals surface area contributed by atoms with Gasteiger partial charge >= 0.3 is 0 Å². The molecule has 3 aromatic rings. The van der Waals surface area contributed by atoms with Crippen molar-refractivity contribution in [3.8, 4) is 17.1 Å². The summed E-state index contributed by atoms with van der Waals surface area (Å²) >= 11 is 3.33. The maximum absolute atomic E-state index is 12.9. The van der Waals surface area contributed by atoms with Gasteiger partial charge in [0.2, 0.25) is 21.7 Å². The van der Waals surface area contributed by atoms with Gasteiger partial charge in [0.25, 0.3) is 0 Å². The zero-order chi connectivity index (χ0) is 21.1. The van der Waals surface area contributed by atoms with Gasteiger partial charge in [-0.05, 0) is 56.2 Å². The van der Waals surface area contributed by atoms with Gasteiger partial charge in [-0.25, -0.2) is 8.42 Å². The summed E-state index contributed by atoms with van der Waals surface area (Å²) in [5.41, 5.74) is 0.782. The minimum absolute atomic E-state index is 0.0295. The lowest BCUT2D eigenvalue weighted by atomic mass is 9.98. The molecule has 158 valence electrons. The van der Waals surface area contributed by atoms with Crippen LogP contribution in [0.3, 0.4) is 0 Å². The normalized spacial score (nSPS) is 15.9. The summed E-state index contributed by atoms with van der Waals surface area (Å²) in [5, 5.41) is 4.13. The third-order valence-electron chi connectivity index (χ3n) is 5.12. The van der Waals surface area contributed by atoms with E-state index in [4.69, 9.17) is 9.26 Å². The van der Waals surface area contributed by atoms with Crippen LogP contribution in [0.5, 0.6) is 5.75 Å². The van der Waals surface area contributed by atoms with Gasteiger partial charge < -0.3 is 9.26 Å². The summed E-state index contributed by atoms with van der Waals surface area (Å²) in [6.45, 7) is 3.30. The summed E-state index contributed by atoms with van der Waals surface area (Å²) in [7, 11) is -3.50. The van der Waals surface area contributed by atoms with Crippen molar-refractivity contribution in [2.75, 3.05) is 19.7 Å². The topological polar surface area (TPSA) is 85.5 Å². The highest BCUT2D eigenvalue weighted by Crippen LogP contribution is 2.33. The Hall–Kier alpha value is -2.23. The fourth-order valence-corrected chi connectivity index (χ4v) is 5.28. The fraction of sp³-hybridized carbons (Fsp3) is 0.333. The Kier molecular flexibility index (Phi) is 6.21. The van der Waals surface area contributed by atoms with E-state index in [1.165, 1.54) is 4.31 Å². The quantitative estimate of drug-likeness (QED) is 0.505. The monoisotopic (exact) mass is 491 g/mol. The van der Waals surface area contributed by atoms with Crippen LogP contribution in [0.15, 0.2) is 62.4 Å². The number of nitrogens with zero attached hydrogens (tertiary/aromatic N) is 3. The third kappa shape index (κ3) is 4.28. The zero-order valence-electron chi connectivity index (χ0n) is 16.5. The molecule has 4 rings (SSSR count). The summed E-state index contributed by atoms with van der Waals surface area (Å²) in [6, 6.07) is 14.3. The van der Waals surface area contributed by atoms with Gasteiger partial charge in [0.05, 0.1) is 17.1 Å². The number of hydrogen-bond donors (Lipinski definition) is 0. The standard InChI is InChI=1S/C21H22BrN3O4S/c1-2-28-19-6-4-3-5-18(19)20-23-21(29-24-20)15-11-13-25(14-12-15)30(26,27)17-9-7-16(22)8-10-17/h3-10,15H,2,11-14H2,1H3. The van der Waals surface area contributed by atoms with Gasteiger partial charge in [-0.2, -0.15) is 9.29 Å². The van der Waals surface area contributed by atoms with Crippen LogP contribution < -0.4 is 4.74 Å². The van der Waals surface area contributed by atoms with E-state index >= 15 is 0 Å². The van der Waals surface area contributed by atoms with Gasteiger partial charge in [0.15, 0.2) is 0 Å². The van der Waals surface area contributed by atoms with E-state index in [9.17, 15) is 8.42 Å². The molecule has 7 nitrogen and oxygen atoms in total. The van der Waals surface area contributed by atoms with Crippen molar-refractivity contribution in [3.63, 3.8) is 0 Å². The van der Waals surface area contributed by atoms with Crippen LogP contribution in [0.1, 0.15) is 31.6 Å². The number of hydrogen-bond acceptors (Lipinski definition) is 6. The van der Waals surface area contributed by atoms with Crippen molar-refractivity contribution in [1.29, 1.82) is 0 Å². The highest BCUT2D eigenvalue weighted by atomic mass is 79.9. The van der Waals surface area contributed by atoms with Gasteiger partial charge in [0.1, 0.15) is 5.75 Å². The Morgan fingerprint density at radius 1 is 1.13 bits per heavy atom. The lowest BCUT2D eigenvalue weighted by Crippen LogP contribution is -2.37. The largest absolute Gasteiger partial charge is 0.493 e. The lowest BCUT2D eigenvalue weighted by Gasteiger charge is -2.29. The molecule has 30 heavy (non-hydrogen) atoms. The molecule has 1 saturated heterocycles. The maximum Gasteiger partial charge on any atom is 0.243 e. The molecule has 2 heterocycles. The summed E-state index contributed by atoms with van der Waals surface area (Å²) in [5.74, 6) is 1.76. The van der Waals surface area contributed by atoms with Crippen molar-refractivity contribution in [2.24, 2.45) is 0 Å². The molecule has 2 aromatic carbocycles. The van der Waals surface area contributed by atoms with Crippen molar-refractivity contribution in [3.05, 3.63) is 58.9 Å². The number of sulfonamides is 1. The average Bonchev–Trinajstić information content (AvgIpc) is 3.25. The second-order valence-corrected chi connectivity index (χ2v) is 9.87. The minimum Gasteiger partial charge on any atom is -0.493 e. The van der Waals surface area contributed by atoms with E-state index < -0.39 is 10.0 Å². The maximum atomic E-state index is 12.9. The number of rotatable bonds is 6. The Morgan fingerprint density at radius 2 is 1.83 bits per heavy atom. The van der Waals surface area contributed by atoms with Crippen molar-refractivity contribution in [2.45, 2.75) is 30.6 Å². The Balaban J connectivity index is 1.46. The molecule has 0 aliphatic carbocycles. The second-order valence-electron chi connectivity index (χ2n) is 7.02. The predicted molar refractivity (Wildman–Crippen MR) is 116 cm³/mol. The SMILES string of the molecule is CCOc1ccccc1-c1noc(C2CCN(S(=O)(=O)c3ccc(Br)cc3)CC2)n1. The fourth-order valence-electron chi connectivity index (χ4n) is 3.54. The van der Waals surface area contributed by atoms with Crippen LogP contribution in [0.4, 0.5) is 0 Å². The number of piperidine rings is 1. The minimum atomic E-state index is -3.50. The summed E-state index contributed by atoms with van der Waals surface area (Å²) < 4.78 is 39.3. The molecule has 0 spiro atoms. The van der Waals surface area contributed by atoms with Crippen LogP contribution in [-0.4, -0.2) is 42.6 Å². The molecule has 0 radical (unpaired) electrons. The highest BCUT2D eigenvalue weighted by Gasteiger charge is 2.32. The molecule has 1 aromatic heterocycles. The molecule has 0 bridgehead atoms. The molecule has 1 fully saturated rings. The summed E-state index contributed by atoms with van der Waals surface area (Å²) in [6.07, 6.45) is 1.26. The molecule has 0 atom stereocenters. The first kappa shape index (κ1) is 21.0. The van der Waals surface area contributed by atoms with Gasteiger partial charge in [0, 0.05) is 23.5 Å². The Labute approximate surface area is 184 Å². The number of para-hydroxylation sites is 1. The highest BCUT2D eigenvalue weighted by molar-refractivity contribution is 9.10. The Bertz CT molecular complexity index is 1110. The molecule has 0 N–H and O–H groups in total. The number of ether oxygens (including phenoxy) is 1. The van der Waals surface area contributed by atoms with Gasteiger partial charge in [-0.1, -0.05) is 33.2 Å². The molecule has 0 saturated carbocycles. The van der Waals surface area contributed by atoms with Crippen LogP contribution in [0, 0.1) is 0 Å². The number of benzene rings is 2. The molecule has 1 aliphatic rings. The molecule has 1 aliphatic heterocycles. The van der Waals surface area contributed by atoms with Crippen molar-refractivity contribution in [1.82, 2.24) is 14.4 Å². The van der Waals surface area contributed by atoms with E-state index in [-0.39, 0.29) is 5.92 Å². The van der Waals surface area contributed by atoms with Crippen LogP contribution in [0.2, 0.25) is 0 Å². The summed E-state index contributed by atoms with van der Waals surface area (Å²) in [4.78, 5) is 4.87. The smallest absolute Gasteiger partial charge is 0.243 e. The van der Waals surface area contributed by atoms with Gasteiger partial charge in [-0.3, -0.25) is 0 Å². The first-order valence-corrected chi connectivity index (χ1v) is 12.0. The number of halogens is 1. The lowest BCUT2D eigenvalue weighted by molar-refractivity contribution is 0.270. The van der Waals surface area contributed by atoms with Gasteiger partial charge in [-0.15, -0.1) is 0 Å². The van der Waals surface area contributed by atoms with E-state index in [1.807, 2.05) is 31.2 Å². The predicted octanol–water partition coefficient (Wildman–Crippen LogP) is 4.47. The van der Waals surface area contributed by atoms with Crippen molar-refractivity contribution >= 4 is 26.0 Å². The molecular weight excluding hydrogens is 470 g/mol. The molecule has 9 heteroatoms.